The first-order valence-corrected chi connectivity index (χ1v) is 9.23. The summed E-state index contributed by atoms with van der Waals surface area (Å²) in [5.74, 6) is 1.38. The molecule has 1 aliphatic rings. The Bertz CT molecular complexity index is 960. The third kappa shape index (κ3) is 2.79. The number of benzene rings is 1. The highest BCUT2D eigenvalue weighted by atomic mass is 15.4. The Morgan fingerprint density at radius 1 is 1.08 bits per heavy atom. The van der Waals surface area contributed by atoms with Crippen LogP contribution in [-0.4, -0.2) is 32.8 Å². The minimum atomic E-state index is -0.220. The average molecular weight is 350 g/mol. The van der Waals surface area contributed by atoms with Crippen molar-refractivity contribution in [2.45, 2.75) is 46.1 Å². The molecule has 6 nitrogen and oxygen atoms in total. The number of nitrogen functional groups attached to an aromatic ring is 1. The third-order valence-electron chi connectivity index (χ3n) is 4.87. The zero-order valence-electron chi connectivity index (χ0n) is 16.0. The van der Waals surface area contributed by atoms with Crippen molar-refractivity contribution in [3.05, 3.63) is 29.8 Å². The lowest BCUT2D eigenvalue weighted by Crippen LogP contribution is -2.24. The summed E-state index contributed by atoms with van der Waals surface area (Å²) in [5, 5.41) is 5.58. The van der Waals surface area contributed by atoms with Crippen LogP contribution in [0.1, 0.15) is 39.2 Å². The lowest BCUT2D eigenvalue weighted by molar-refractivity contribution is 0.364. The van der Waals surface area contributed by atoms with Crippen molar-refractivity contribution in [2.24, 2.45) is 0 Å². The van der Waals surface area contributed by atoms with Crippen LogP contribution in [0.15, 0.2) is 24.3 Å². The van der Waals surface area contributed by atoms with E-state index in [0.717, 1.165) is 35.7 Å². The number of fused-ring (bicyclic) bond motifs is 1. The number of rotatable bonds is 2. The van der Waals surface area contributed by atoms with Gasteiger partial charge in [0.05, 0.1) is 16.6 Å². The molecule has 4 rings (SSSR count). The summed E-state index contributed by atoms with van der Waals surface area (Å²) in [7, 11) is 0. The van der Waals surface area contributed by atoms with Gasteiger partial charge in [-0.15, -0.1) is 5.10 Å². The van der Waals surface area contributed by atoms with Crippen LogP contribution in [0.25, 0.3) is 22.3 Å². The fourth-order valence-electron chi connectivity index (χ4n) is 3.57. The van der Waals surface area contributed by atoms with E-state index >= 15 is 0 Å². The lowest BCUT2D eigenvalue weighted by Gasteiger charge is -2.20. The van der Waals surface area contributed by atoms with Crippen LogP contribution in [0, 0.1) is 6.92 Å². The maximum absolute atomic E-state index is 6.51. The molecule has 0 aliphatic carbocycles. The Morgan fingerprint density at radius 2 is 1.81 bits per heavy atom. The van der Waals surface area contributed by atoms with Gasteiger partial charge in [-0.1, -0.05) is 23.8 Å². The zero-order chi connectivity index (χ0) is 18.5. The van der Waals surface area contributed by atoms with Crippen molar-refractivity contribution in [2.75, 3.05) is 23.7 Å². The van der Waals surface area contributed by atoms with Crippen LogP contribution < -0.4 is 10.6 Å². The molecule has 1 aromatic carbocycles. The van der Waals surface area contributed by atoms with Crippen molar-refractivity contribution in [3.8, 4) is 11.3 Å². The van der Waals surface area contributed by atoms with Gasteiger partial charge in [-0.25, -0.2) is 9.67 Å². The van der Waals surface area contributed by atoms with Gasteiger partial charge >= 0.3 is 0 Å². The van der Waals surface area contributed by atoms with Crippen LogP contribution in [0.5, 0.6) is 0 Å². The van der Waals surface area contributed by atoms with E-state index in [2.05, 4.69) is 56.9 Å². The summed E-state index contributed by atoms with van der Waals surface area (Å²) in [5.41, 5.74) is 10.1. The normalized spacial score (nSPS) is 15.2. The number of hydrogen-bond donors (Lipinski definition) is 1. The summed E-state index contributed by atoms with van der Waals surface area (Å²) in [6.07, 6.45) is 2.36. The summed E-state index contributed by atoms with van der Waals surface area (Å²) in [4.78, 5) is 11.9. The smallest absolute Gasteiger partial charge is 0.228 e. The van der Waals surface area contributed by atoms with Gasteiger partial charge in [0.25, 0.3) is 0 Å². The molecule has 136 valence electrons. The number of aromatic nitrogens is 4. The van der Waals surface area contributed by atoms with Gasteiger partial charge in [0.1, 0.15) is 5.82 Å². The highest BCUT2D eigenvalue weighted by Crippen LogP contribution is 2.35. The lowest BCUT2D eigenvalue weighted by atomic mass is 10.1. The monoisotopic (exact) mass is 350 g/mol. The maximum Gasteiger partial charge on any atom is 0.228 e. The van der Waals surface area contributed by atoms with E-state index in [-0.39, 0.29) is 5.54 Å². The van der Waals surface area contributed by atoms with Crippen LogP contribution in [0.2, 0.25) is 0 Å². The van der Waals surface area contributed by atoms with Gasteiger partial charge in [-0.05, 0) is 46.6 Å². The second-order valence-electron chi connectivity index (χ2n) is 8.10. The second-order valence-corrected chi connectivity index (χ2v) is 8.10. The third-order valence-corrected chi connectivity index (χ3v) is 4.87. The quantitative estimate of drug-likeness (QED) is 0.762. The molecule has 0 bridgehead atoms. The molecule has 3 aromatic rings. The highest BCUT2D eigenvalue weighted by molar-refractivity contribution is 5.99. The molecule has 3 heterocycles. The number of hydrogen-bond acceptors (Lipinski definition) is 5. The number of nitrogens with two attached hydrogens (primary N) is 1. The summed E-state index contributed by atoms with van der Waals surface area (Å²) >= 11 is 0. The molecular formula is C20H26N6. The van der Waals surface area contributed by atoms with E-state index < -0.39 is 0 Å². The van der Waals surface area contributed by atoms with Crippen LogP contribution in [-0.2, 0) is 5.54 Å². The summed E-state index contributed by atoms with van der Waals surface area (Å²) in [6.45, 7) is 10.4. The zero-order valence-corrected chi connectivity index (χ0v) is 16.0. The SMILES string of the molecule is Cc1cccc(-c2nc(N3CCCC3)nc3nn(C(C)(C)C)c(N)c23)c1. The Kier molecular flexibility index (Phi) is 3.86. The van der Waals surface area contributed by atoms with Gasteiger partial charge in [0, 0.05) is 18.7 Å². The fourth-order valence-corrected chi connectivity index (χ4v) is 3.57. The van der Waals surface area contributed by atoms with Gasteiger partial charge in [-0.3, -0.25) is 0 Å². The Labute approximate surface area is 154 Å². The molecule has 2 aromatic heterocycles. The molecule has 6 heteroatoms. The number of aryl methyl sites for hydroxylation is 1. The number of nitrogens with zero attached hydrogens (tertiary/aromatic N) is 5. The van der Waals surface area contributed by atoms with Crippen molar-refractivity contribution in [3.63, 3.8) is 0 Å². The van der Waals surface area contributed by atoms with Crippen molar-refractivity contribution < 1.29 is 0 Å². The van der Waals surface area contributed by atoms with E-state index in [1.165, 1.54) is 18.4 Å². The molecule has 0 radical (unpaired) electrons. The predicted molar refractivity (Wildman–Crippen MR) is 106 cm³/mol. The van der Waals surface area contributed by atoms with Crippen LogP contribution in [0.3, 0.4) is 0 Å². The molecule has 0 saturated carbocycles. The first kappa shape index (κ1) is 16.8. The molecule has 0 amide bonds. The first-order valence-electron chi connectivity index (χ1n) is 9.23. The Morgan fingerprint density at radius 3 is 2.46 bits per heavy atom. The van der Waals surface area contributed by atoms with Crippen LogP contribution >= 0.6 is 0 Å². The Hall–Kier alpha value is -2.63. The second kappa shape index (κ2) is 5.97. The molecule has 1 aliphatic heterocycles. The molecule has 2 N–H and O–H groups in total. The Balaban J connectivity index is 2.01. The molecule has 0 unspecified atom stereocenters. The summed E-state index contributed by atoms with van der Waals surface area (Å²) < 4.78 is 1.86. The van der Waals surface area contributed by atoms with Gasteiger partial charge in [0.15, 0.2) is 5.65 Å². The molecule has 0 atom stereocenters. The molecular weight excluding hydrogens is 324 g/mol. The van der Waals surface area contributed by atoms with E-state index in [0.29, 0.717) is 11.5 Å². The molecule has 1 saturated heterocycles. The maximum atomic E-state index is 6.51. The first-order chi connectivity index (χ1) is 12.3. The highest BCUT2D eigenvalue weighted by Gasteiger charge is 2.25. The molecule has 0 spiro atoms. The topological polar surface area (TPSA) is 72.9 Å². The van der Waals surface area contributed by atoms with Crippen molar-refractivity contribution in [1.29, 1.82) is 0 Å². The predicted octanol–water partition coefficient (Wildman–Crippen LogP) is 3.74. The minimum absolute atomic E-state index is 0.220. The average Bonchev–Trinajstić information content (AvgIpc) is 3.22. The summed E-state index contributed by atoms with van der Waals surface area (Å²) in [6, 6.07) is 8.36. The van der Waals surface area contributed by atoms with Gasteiger partial charge in [0.2, 0.25) is 5.95 Å². The van der Waals surface area contributed by atoms with Crippen LogP contribution in [0.4, 0.5) is 11.8 Å². The standard InChI is InChI=1S/C20H26N6/c1-13-8-7-9-14(12-13)16-15-17(21)26(20(2,3)4)24-18(15)23-19(22-16)25-10-5-6-11-25/h7-9,12H,5-6,10-11,21H2,1-4H3. The molecule has 26 heavy (non-hydrogen) atoms. The minimum Gasteiger partial charge on any atom is -0.383 e. The van der Waals surface area contributed by atoms with Crippen molar-refractivity contribution in [1.82, 2.24) is 19.7 Å². The fraction of sp³-hybridized carbons (Fsp3) is 0.450. The largest absolute Gasteiger partial charge is 0.383 e. The van der Waals surface area contributed by atoms with E-state index in [4.69, 9.17) is 20.8 Å². The van der Waals surface area contributed by atoms with Gasteiger partial charge < -0.3 is 10.6 Å². The van der Waals surface area contributed by atoms with Crippen molar-refractivity contribution >= 4 is 22.8 Å². The number of anilines is 2. The van der Waals surface area contributed by atoms with E-state index in [9.17, 15) is 0 Å². The van der Waals surface area contributed by atoms with E-state index in [1.54, 1.807) is 0 Å². The van der Waals surface area contributed by atoms with E-state index in [1.807, 2.05) is 4.68 Å². The van der Waals surface area contributed by atoms with Gasteiger partial charge in [-0.2, -0.15) is 4.98 Å². The molecule has 1 fully saturated rings.